The zero-order chi connectivity index (χ0) is 14.2. The van der Waals surface area contributed by atoms with E-state index in [-0.39, 0.29) is 0 Å². The molecule has 0 saturated carbocycles. The zero-order valence-electron chi connectivity index (χ0n) is 11.2. The van der Waals surface area contributed by atoms with Crippen LogP contribution in [0.4, 0.5) is 0 Å². The van der Waals surface area contributed by atoms with Crippen LogP contribution in [-0.4, -0.2) is 24.8 Å². The molecule has 2 rings (SSSR count). The van der Waals surface area contributed by atoms with Crippen LogP contribution in [-0.2, 0) is 0 Å². The van der Waals surface area contributed by atoms with E-state index in [9.17, 15) is 0 Å². The summed E-state index contributed by atoms with van der Waals surface area (Å²) in [6, 6.07) is 9.46. The molecule has 0 unspecified atom stereocenters. The summed E-state index contributed by atoms with van der Waals surface area (Å²) in [5.74, 6) is 2.19. The van der Waals surface area contributed by atoms with Crippen molar-refractivity contribution in [3.05, 3.63) is 47.2 Å². The Kier molecular flexibility index (Phi) is 5.68. The molecule has 2 aromatic rings. The summed E-state index contributed by atoms with van der Waals surface area (Å²) in [5, 5.41) is 0. The van der Waals surface area contributed by atoms with Crippen molar-refractivity contribution in [1.82, 2.24) is 4.98 Å². The summed E-state index contributed by atoms with van der Waals surface area (Å²) < 4.78 is 17.6. The van der Waals surface area contributed by atoms with Crippen LogP contribution in [0.2, 0.25) is 0 Å². The molecule has 1 aromatic carbocycles. The second-order valence-corrected chi connectivity index (χ2v) is 4.83. The molecule has 1 heterocycles. The van der Waals surface area contributed by atoms with Crippen molar-refractivity contribution in [1.29, 1.82) is 0 Å². The van der Waals surface area contributed by atoms with Crippen LogP contribution in [0.25, 0.3) is 0 Å². The van der Waals surface area contributed by atoms with Crippen LogP contribution in [0.15, 0.2) is 47.2 Å². The van der Waals surface area contributed by atoms with Gasteiger partial charge in [0, 0.05) is 10.7 Å². The summed E-state index contributed by atoms with van der Waals surface area (Å²) in [6.07, 6.45) is 3.38. The van der Waals surface area contributed by atoms with E-state index >= 15 is 0 Å². The highest BCUT2D eigenvalue weighted by atomic mass is 79.9. The van der Waals surface area contributed by atoms with Gasteiger partial charge < -0.3 is 14.2 Å². The van der Waals surface area contributed by atoms with Crippen molar-refractivity contribution in [3.63, 3.8) is 0 Å². The predicted molar refractivity (Wildman–Crippen MR) is 80.5 cm³/mol. The largest absolute Gasteiger partial charge is 0.490 e. The number of nitrogens with zero attached hydrogens (tertiary/aromatic N) is 1. The molecule has 106 valence electrons. The van der Waals surface area contributed by atoms with Crippen LogP contribution in [0, 0.1) is 0 Å². The van der Waals surface area contributed by atoms with Crippen LogP contribution in [0.3, 0.4) is 0 Å². The van der Waals surface area contributed by atoms with Gasteiger partial charge in [0.05, 0.1) is 12.8 Å². The second-order valence-electron chi connectivity index (χ2n) is 3.92. The van der Waals surface area contributed by atoms with Gasteiger partial charge in [0.15, 0.2) is 11.5 Å². The van der Waals surface area contributed by atoms with Crippen molar-refractivity contribution < 1.29 is 14.2 Å². The topological polar surface area (TPSA) is 40.6 Å². The normalized spacial score (nSPS) is 10.1. The van der Waals surface area contributed by atoms with Crippen molar-refractivity contribution in [2.45, 2.75) is 6.92 Å². The molecular weight excluding hydrogens is 322 g/mol. The molecule has 0 aliphatic heterocycles. The van der Waals surface area contributed by atoms with Crippen LogP contribution in [0.1, 0.15) is 6.92 Å². The minimum absolute atomic E-state index is 0.441. The fourth-order valence-corrected chi connectivity index (χ4v) is 1.97. The molecule has 4 nitrogen and oxygen atoms in total. The quantitative estimate of drug-likeness (QED) is 0.722. The molecule has 0 fully saturated rings. The highest BCUT2D eigenvalue weighted by Gasteiger charge is 2.03. The minimum atomic E-state index is 0.441. The minimum Gasteiger partial charge on any atom is -0.490 e. The monoisotopic (exact) mass is 337 g/mol. The van der Waals surface area contributed by atoms with Gasteiger partial charge in [0.1, 0.15) is 19.0 Å². The Morgan fingerprint density at radius 1 is 1.00 bits per heavy atom. The van der Waals surface area contributed by atoms with Gasteiger partial charge in [-0.25, -0.2) is 0 Å². The maximum absolute atomic E-state index is 5.66. The predicted octanol–water partition coefficient (Wildman–Crippen LogP) is 3.70. The molecule has 0 atom stereocenters. The molecule has 0 N–H and O–H groups in total. The van der Waals surface area contributed by atoms with E-state index in [0.29, 0.717) is 25.6 Å². The van der Waals surface area contributed by atoms with Crippen molar-refractivity contribution in [2.24, 2.45) is 0 Å². The maximum atomic E-state index is 5.66. The number of halogens is 1. The molecule has 0 saturated heterocycles. The van der Waals surface area contributed by atoms with Gasteiger partial charge in [-0.15, -0.1) is 0 Å². The van der Waals surface area contributed by atoms with Gasteiger partial charge in [0.25, 0.3) is 0 Å². The summed E-state index contributed by atoms with van der Waals surface area (Å²) in [7, 11) is 0. The first-order valence-electron chi connectivity index (χ1n) is 6.37. The summed E-state index contributed by atoms with van der Waals surface area (Å²) >= 11 is 3.34. The number of hydrogen-bond acceptors (Lipinski definition) is 4. The lowest BCUT2D eigenvalue weighted by atomic mass is 10.3. The third kappa shape index (κ3) is 4.42. The molecule has 0 spiro atoms. The highest BCUT2D eigenvalue weighted by Crippen LogP contribution is 2.26. The molecule has 5 heteroatoms. The number of pyridine rings is 1. The van der Waals surface area contributed by atoms with E-state index in [2.05, 4.69) is 20.9 Å². The molecular formula is C15H16BrNO3. The average Bonchev–Trinajstić information content (AvgIpc) is 2.46. The van der Waals surface area contributed by atoms with Crippen LogP contribution < -0.4 is 14.2 Å². The van der Waals surface area contributed by atoms with Crippen LogP contribution >= 0.6 is 15.9 Å². The lowest BCUT2D eigenvalue weighted by Crippen LogP contribution is -2.09. The molecule has 0 aliphatic rings. The maximum Gasteiger partial charge on any atom is 0.161 e. The van der Waals surface area contributed by atoms with E-state index in [1.807, 2.05) is 37.3 Å². The zero-order valence-corrected chi connectivity index (χ0v) is 12.8. The number of aromatic nitrogens is 1. The lowest BCUT2D eigenvalue weighted by molar-refractivity contribution is 0.208. The van der Waals surface area contributed by atoms with Crippen molar-refractivity contribution >= 4 is 15.9 Å². The Balaban J connectivity index is 1.81. The van der Waals surface area contributed by atoms with Gasteiger partial charge in [-0.3, -0.25) is 4.98 Å². The highest BCUT2D eigenvalue weighted by molar-refractivity contribution is 9.10. The first-order valence-corrected chi connectivity index (χ1v) is 7.17. The number of para-hydroxylation sites is 2. The number of rotatable bonds is 7. The van der Waals surface area contributed by atoms with Crippen molar-refractivity contribution in [2.75, 3.05) is 19.8 Å². The smallest absolute Gasteiger partial charge is 0.161 e. The fourth-order valence-electron chi connectivity index (χ4n) is 1.63. The fraction of sp³-hybridized carbons (Fsp3) is 0.267. The number of benzene rings is 1. The Hall–Kier alpha value is -1.75. The van der Waals surface area contributed by atoms with Gasteiger partial charge >= 0.3 is 0 Å². The Labute approximate surface area is 126 Å². The van der Waals surface area contributed by atoms with Gasteiger partial charge in [-0.2, -0.15) is 0 Å². The van der Waals surface area contributed by atoms with E-state index in [4.69, 9.17) is 14.2 Å². The number of ether oxygens (including phenoxy) is 3. The average molecular weight is 338 g/mol. The van der Waals surface area contributed by atoms with E-state index < -0.39 is 0 Å². The van der Waals surface area contributed by atoms with Crippen molar-refractivity contribution in [3.8, 4) is 17.2 Å². The molecule has 1 aromatic heterocycles. The molecule has 0 radical (unpaired) electrons. The summed E-state index contributed by atoms with van der Waals surface area (Å²) in [5.41, 5.74) is 0. The Morgan fingerprint density at radius 2 is 1.70 bits per heavy atom. The third-order valence-corrected chi connectivity index (χ3v) is 2.87. The first kappa shape index (κ1) is 14.7. The standard InChI is InChI=1S/C15H16BrNO3/c1-2-18-14-5-3-4-6-15(14)20-8-7-19-13-9-12(16)10-17-11-13/h3-6,9-11H,2,7-8H2,1H3. The SMILES string of the molecule is CCOc1ccccc1OCCOc1cncc(Br)c1. The van der Waals surface area contributed by atoms with Crippen LogP contribution in [0.5, 0.6) is 17.2 Å². The summed E-state index contributed by atoms with van der Waals surface area (Å²) in [4.78, 5) is 4.03. The Bertz CT molecular complexity index is 548. The molecule has 0 bridgehead atoms. The molecule has 0 amide bonds. The van der Waals surface area contributed by atoms with E-state index in [0.717, 1.165) is 16.0 Å². The second kappa shape index (κ2) is 7.75. The van der Waals surface area contributed by atoms with Gasteiger partial charge in [-0.1, -0.05) is 12.1 Å². The number of hydrogen-bond donors (Lipinski definition) is 0. The Morgan fingerprint density at radius 3 is 2.40 bits per heavy atom. The lowest BCUT2D eigenvalue weighted by Gasteiger charge is -2.12. The molecule has 0 aliphatic carbocycles. The van der Waals surface area contributed by atoms with Gasteiger partial charge in [0.2, 0.25) is 0 Å². The third-order valence-electron chi connectivity index (χ3n) is 2.44. The van der Waals surface area contributed by atoms with Gasteiger partial charge in [-0.05, 0) is 41.1 Å². The van der Waals surface area contributed by atoms with E-state index in [1.165, 1.54) is 0 Å². The summed E-state index contributed by atoms with van der Waals surface area (Å²) in [6.45, 7) is 3.44. The van der Waals surface area contributed by atoms with E-state index in [1.54, 1.807) is 12.4 Å². The first-order chi connectivity index (χ1) is 9.79. The molecule has 20 heavy (non-hydrogen) atoms.